The number of aryl methyl sites for hydroxylation is 1. The van der Waals surface area contributed by atoms with Crippen LogP contribution in [-0.2, 0) is 11.2 Å². The molecule has 0 amide bonds. The van der Waals surface area contributed by atoms with E-state index >= 15 is 0 Å². The second-order valence-electron chi connectivity index (χ2n) is 4.99. The molecule has 0 spiro atoms. The number of anilines is 1. The minimum atomic E-state index is -0.928. The number of halogens is 1. The van der Waals surface area contributed by atoms with Gasteiger partial charge in [0.1, 0.15) is 12.4 Å². The number of rotatable bonds is 3. The highest BCUT2D eigenvalue weighted by Crippen LogP contribution is 2.29. The zero-order chi connectivity index (χ0) is 14.0. The topological polar surface area (TPSA) is 66.3 Å². The van der Waals surface area contributed by atoms with Gasteiger partial charge in [-0.1, -0.05) is 13.8 Å². The van der Waals surface area contributed by atoms with Crippen molar-refractivity contribution in [2.45, 2.75) is 39.2 Å². The standard InChI is InChI=1S/C13H18FN3O2/c1-3-9-11(14)12(16-7-15-9)17-5-4-8(2)6-10(17)13(18)19/h7-8,10H,3-6H2,1-2H3,(H,18,19). The van der Waals surface area contributed by atoms with Gasteiger partial charge in [0.2, 0.25) is 0 Å². The first-order valence-electron chi connectivity index (χ1n) is 6.53. The van der Waals surface area contributed by atoms with Gasteiger partial charge in [-0.15, -0.1) is 0 Å². The molecule has 2 heterocycles. The van der Waals surface area contributed by atoms with Crippen molar-refractivity contribution < 1.29 is 14.3 Å². The Hall–Kier alpha value is -1.72. The number of hydrogen-bond donors (Lipinski definition) is 1. The van der Waals surface area contributed by atoms with Crippen LogP contribution >= 0.6 is 0 Å². The highest BCUT2D eigenvalue weighted by Gasteiger charge is 2.34. The maximum Gasteiger partial charge on any atom is 0.326 e. The first-order valence-corrected chi connectivity index (χ1v) is 6.53. The molecule has 104 valence electrons. The zero-order valence-electron chi connectivity index (χ0n) is 11.1. The smallest absolute Gasteiger partial charge is 0.326 e. The maximum absolute atomic E-state index is 14.2. The van der Waals surface area contributed by atoms with Crippen LogP contribution in [0.15, 0.2) is 6.33 Å². The summed E-state index contributed by atoms with van der Waals surface area (Å²) >= 11 is 0. The summed E-state index contributed by atoms with van der Waals surface area (Å²) in [6.07, 6.45) is 3.12. The SMILES string of the molecule is CCc1ncnc(N2CCC(C)CC2C(=O)O)c1F. The Balaban J connectivity index is 2.36. The molecular formula is C13H18FN3O2. The number of piperidine rings is 1. The van der Waals surface area contributed by atoms with Crippen molar-refractivity contribution in [3.63, 3.8) is 0 Å². The minimum Gasteiger partial charge on any atom is -0.480 e. The summed E-state index contributed by atoms with van der Waals surface area (Å²) in [5, 5.41) is 9.30. The van der Waals surface area contributed by atoms with Crippen molar-refractivity contribution in [2.75, 3.05) is 11.4 Å². The van der Waals surface area contributed by atoms with Crippen molar-refractivity contribution >= 4 is 11.8 Å². The molecule has 1 aliphatic rings. The molecule has 1 fully saturated rings. The fourth-order valence-corrected chi connectivity index (χ4v) is 2.47. The molecule has 6 heteroatoms. The van der Waals surface area contributed by atoms with Crippen molar-refractivity contribution in [1.29, 1.82) is 0 Å². The van der Waals surface area contributed by atoms with Crippen LogP contribution in [0.4, 0.5) is 10.2 Å². The molecule has 1 saturated heterocycles. The summed E-state index contributed by atoms with van der Waals surface area (Å²) in [6.45, 7) is 4.33. The lowest BCUT2D eigenvalue weighted by atomic mass is 9.92. The van der Waals surface area contributed by atoms with E-state index in [9.17, 15) is 14.3 Å². The summed E-state index contributed by atoms with van der Waals surface area (Å²) in [7, 11) is 0. The molecule has 0 radical (unpaired) electrons. The molecule has 1 aromatic rings. The van der Waals surface area contributed by atoms with E-state index in [1.807, 2.05) is 13.8 Å². The van der Waals surface area contributed by atoms with Crippen LogP contribution < -0.4 is 4.90 Å². The van der Waals surface area contributed by atoms with Crippen molar-refractivity contribution in [3.05, 3.63) is 17.8 Å². The van der Waals surface area contributed by atoms with Crippen molar-refractivity contribution in [2.24, 2.45) is 5.92 Å². The molecule has 2 unspecified atom stereocenters. The van der Waals surface area contributed by atoms with Crippen molar-refractivity contribution in [1.82, 2.24) is 9.97 Å². The number of carboxylic acids is 1. The first-order chi connectivity index (χ1) is 9.04. The van der Waals surface area contributed by atoms with Gasteiger partial charge in [-0.2, -0.15) is 0 Å². The van der Waals surface area contributed by atoms with Gasteiger partial charge in [0.05, 0.1) is 5.69 Å². The molecule has 5 nitrogen and oxygen atoms in total. The van der Waals surface area contributed by atoms with E-state index in [0.717, 1.165) is 6.42 Å². The number of aromatic nitrogens is 2. The van der Waals surface area contributed by atoms with E-state index in [1.54, 1.807) is 4.90 Å². The highest BCUT2D eigenvalue weighted by molar-refractivity contribution is 5.78. The van der Waals surface area contributed by atoms with Crippen LogP contribution in [0.5, 0.6) is 0 Å². The molecule has 0 saturated carbocycles. The van der Waals surface area contributed by atoms with E-state index in [2.05, 4.69) is 9.97 Å². The molecule has 2 atom stereocenters. The average molecular weight is 267 g/mol. The number of aliphatic carboxylic acids is 1. The third-order valence-electron chi connectivity index (χ3n) is 3.60. The third kappa shape index (κ3) is 2.67. The Labute approximate surface area is 111 Å². The van der Waals surface area contributed by atoms with E-state index in [4.69, 9.17) is 0 Å². The van der Waals surface area contributed by atoms with E-state index < -0.39 is 17.8 Å². The Morgan fingerprint density at radius 2 is 2.32 bits per heavy atom. The van der Waals surface area contributed by atoms with E-state index in [-0.39, 0.29) is 5.82 Å². The molecule has 0 aromatic carbocycles. The van der Waals surface area contributed by atoms with Crippen LogP contribution in [0, 0.1) is 11.7 Å². The molecular weight excluding hydrogens is 249 g/mol. The average Bonchev–Trinajstić information content (AvgIpc) is 2.39. The molecule has 19 heavy (non-hydrogen) atoms. The highest BCUT2D eigenvalue weighted by atomic mass is 19.1. The normalized spacial score (nSPS) is 23.4. The quantitative estimate of drug-likeness (QED) is 0.905. The summed E-state index contributed by atoms with van der Waals surface area (Å²) in [4.78, 5) is 20.7. The first kappa shape index (κ1) is 13.7. The molecule has 0 aliphatic carbocycles. The Kier molecular flexibility index (Phi) is 3.97. The minimum absolute atomic E-state index is 0.117. The van der Waals surface area contributed by atoms with Crippen LogP contribution in [0.25, 0.3) is 0 Å². The number of nitrogens with zero attached hydrogens (tertiary/aromatic N) is 3. The van der Waals surface area contributed by atoms with E-state index in [0.29, 0.717) is 31.0 Å². The number of carboxylic acid groups (broad SMARTS) is 1. The van der Waals surface area contributed by atoms with Crippen molar-refractivity contribution in [3.8, 4) is 0 Å². The van der Waals surface area contributed by atoms with Gasteiger partial charge in [0.15, 0.2) is 11.6 Å². The van der Waals surface area contributed by atoms with Crippen LogP contribution in [0.3, 0.4) is 0 Å². The summed E-state index contributed by atoms with van der Waals surface area (Å²) in [5.74, 6) is -0.979. The second-order valence-corrected chi connectivity index (χ2v) is 4.99. The van der Waals surface area contributed by atoms with Gasteiger partial charge in [0, 0.05) is 6.54 Å². The molecule has 1 N–H and O–H groups in total. The predicted molar refractivity (Wildman–Crippen MR) is 68.5 cm³/mol. The molecule has 1 aliphatic heterocycles. The summed E-state index contributed by atoms with van der Waals surface area (Å²) in [5.41, 5.74) is 0.327. The monoisotopic (exact) mass is 267 g/mol. The largest absolute Gasteiger partial charge is 0.480 e. The van der Waals surface area contributed by atoms with Crippen LogP contribution in [0.2, 0.25) is 0 Å². The van der Waals surface area contributed by atoms with Gasteiger partial charge in [-0.05, 0) is 25.2 Å². The zero-order valence-corrected chi connectivity index (χ0v) is 11.1. The Morgan fingerprint density at radius 3 is 2.95 bits per heavy atom. The van der Waals surface area contributed by atoms with Gasteiger partial charge in [-0.25, -0.2) is 19.2 Å². The molecule has 1 aromatic heterocycles. The number of hydrogen-bond acceptors (Lipinski definition) is 4. The van der Waals surface area contributed by atoms with Crippen LogP contribution in [0.1, 0.15) is 32.4 Å². The second kappa shape index (κ2) is 5.50. The maximum atomic E-state index is 14.2. The van der Waals surface area contributed by atoms with Crippen LogP contribution in [-0.4, -0.2) is 33.6 Å². The third-order valence-corrected chi connectivity index (χ3v) is 3.60. The predicted octanol–water partition coefficient (Wildman–Crippen LogP) is 1.87. The lowest BCUT2D eigenvalue weighted by Gasteiger charge is -2.36. The Bertz CT molecular complexity index is 481. The van der Waals surface area contributed by atoms with Gasteiger partial charge >= 0.3 is 5.97 Å². The fourth-order valence-electron chi connectivity index (χ4n) is 2.47. The Morgan fingerprint density at radius 1 is 1.58 bits per heavy atom. The summed E-state index contributed by atoms with van der Waals surface area (Å²) in [6, 6.07) is -0.710. The lowest BCUT2D eigenvalue weighted by molar-refractivity contribution is -0.139. The van der Waals surface area contributed by atoms with Gasteiger partial charge in [0.25, 0.3) is 0 Å². The van der Waals surface area contributed by atoms with Gasteiger partial charge in [-0.3, -0.25) is 0 Å². The van der Waals surface area contributed by atoms with Gasteiger partial charge < -0.3 is 10.0 Å². The molecule has 0 bridgehead atoms. The molecule has 2 rings (SSSR count). The summed E-state index contributed by atoms with van der Waals surface area (Å²) < 4.78 is 14.2. The van der Waals surface area contributed by atoms with E-state index in [1.165, 1.54) is 6.33 Å². The number of carbonyl (C=O) groups is 1. The lowest BCUT2D eigenvalue weighted by Crippen LogP contribution is -2.47. The fraction of sp³-hybridized carbons (Fsp3) is 0.615.